The monoisotopic (exact) mass is 404 g/mol. The van der Waals surface area contributed by atoms with E-state index in [1.165, 1.54) is 0 Å². The first kappa shape index (κ1) is 23.2. The van der Waals surface area contributed by atoms with Crippen LogP contribution in [0.1, 0.15) is 45.6 Å². The molecule has 7 nitrogen and oxygen atoms in total. The first-order chi connectivity index (χ1) is 14.1. The third-order valence-corrected chi connectivity index (χ3v) is 4.87. The summed E-state index contributed by atoms with van der Waals surface area (Å²) in [5, 5.41) is 9.58. The van der Waals surface area contributed by atoms with Gasteiger partial charge in [-0.1, -0.05) is 26.0 Å². The summed E-state index contributed by atoms with van der Waals surface area (Å²) in [6.07, 6.45) is 2.99. The SMILES string of the molecule is CCNC(=NCc1cccc(NC(=O)C(C)CC)c1)NCCCOC1CCOC1. The van der Waals surface area contributed by atoms with E-state index in [0.29, 0.717) is 13.2 Å². The first-order valence-electron chi connectivity index (χ1n) is 10.7. The molecule has 2 unspecified atom stereocenters. The maximum atomic E-state index is 12.1. The zero-order valence-electron chi connectivity index (χ0n) is 18.0. The van der Waals surface area contributed by atoms with Crippen LogP contribution in [0.2, 0.25) is 0 Å². The van der Waals surface area contributed by atoms with Crippen LogP contribution in [0.15, 0.2) is 29.3 Å². The van der Waals surface area contributed by atoms with Gasteiger partial charge in [-0.2, -0.15) is 0 Å². The van der Waals surface area contributed by atoms with E-state index < -0.39 is 0 Å². The number of carbonyl (C=O) groups is 1. The number of hydrogen-bond acceptors (Lipinski definition) is 4. The minimum absolute atomic E-state index is 0.00593. The van der Waals surface area contributed by atoms with Gasteiger partial charge in [0.1, 0.15) is 0 Å². The number of hydrogen-bond donors (Lipinski definition) is 3. The molecule has 0 spiro atoms. The van der Waals surface area contributed by atoms with Crippen LogP contribution in [0.4, 0.5) is 5.69 Å². The number of benzene rings is 1. The van der Waals surface area contributed by atoms with E-state index in [0.717, 1.165) is 62.8 Å². The predicted octanol–water partition coefficient (Wildman–Crippen LogP) is 2.92. The summed E-state index contributed by atoms with van der Waals surface area (Å²) in [7, 11) is 0. The third-order valence-electron chi connectivity index (χ3n) is 4.87. The average molecular weight is 405 g/mol. The van der Waals surface area contributed by atoms with Gasteiger partial charge in [0.25, 0.3) is 0 Å². The number of amides is 1. The molecule has 0 aromatic heterocycles. The van der Waals surface area contributed by atoms with Crippen LogP contribution in [0, 0.1) is 5.92 Å². The minimum atomic E-state index is 0.00593. The number of ether oxygens (including phenoxy) is 2. The number of aliphatic imine (C=N–C) groups is 1. The summed E-state index contributed by atoms with van der Waals surface area (Å²) in [5.74, 6) is 0.840. The van der Waals surface area contributed by atoms with Gasteiger partial charge >= 0.3 is 0 Å². The van der Waals surface area contributed by atoms with Gasteiger partial charge in [0.05, 0.1) is 19.3 Å². The lowest BCUT2D eigenvalue weighted by molar-refractivity contribution is -0.119. The predicted molar refractivity (Wildman–Crippen MR) is 117 cm³/mol. The molecule has 0 aliphatic carbocycles. The summed E-state index contributed by atoms with van der Waals surface area (Å²) in [6.45, 7) is 10.4. The Kier molecular flexibility index (Phi) is 10.5. The van der Waals surface area contributed by atoms with E-state index in [1.54, 1.807) is 0 Å². The summed E-state index contributed by atoms with van der Waals surface area (Å²) in [6, 6.07) is 7.85. The molecule has 3 N–H and O–H groups in total. The summed E-state index contributed by atoms with van der Waals surface area (Å²) in [4.78, 5) is 16.7. The van der Waals surface area contributed by atoms with Crippen molar-refractivity contribution < 1.29 is 14.3 Å². The van der Waals surface area contributed by atoms with E-state index in [9.17, 15) is 4.79 Å². The van der Waals surface area contributed by atoms with E-state index >= 15 is 0 Å². The van der Waals surface area contributed by atoms with Crippen molar-refractivity contribution in [2.45, 2.75) is 52.7 Å². The molecule has 1 fully saturated rings. The van der Waals surface area contributed by atoms with Crippen LogP contribution < -0.4 is 16.0 Å². The molecular formula is C22H36N4O3. The smallest absolute Gasteiger partial charge is 0.227 e. The van der Waals surface area contributed by atoms with Crippen molar-refractivity contribution in [3.8, 4) is 0 Å². The highest BCUT2D eigenvalue weighted by atomic mass is 16.5. The van der Waals surface area contributed by atoms with Gasteiger partial charge < -0.3 is 25.4 Å². The summed E-state index contributed by atoms with van der Waals surface area (Å²) < 4.78 is 11.1. The van der Waals surface area contributed by atoms with Crippen molar-refractivity contribution in [2.24, 2.45) is 10.9 Å². The Morgan fingerprint density at radius 2 is 2.21 bits per heavy atom. The molecule has 1 saturated heterocycles. The van der Waals surface area contributed by atoms with Gasteiger partial charge in [-0.05, 0) is 43.9 Å². The molecule has 1 aromatic carbocycles. The van der Waals surface area contributed by atoms with Crippen LogP contribution >= 0.6 is 0 Å². The molecule has 7 heteroatoms. The molecule has 1 aromatic rings. The highest BCUT2D eigenvalue weighted by molar-refractivity contribution is 5.92. The summed E-state index contributed by atoms with van der Waals surface area (Å²) >= 11 is 0. The molecule has 162 valence electrons. The van der Waals surface area contributed by atoms with Crippen molar-refractivity contribution in [3.63, 3.8) is 0 Å². The first-order valence-corrected chi connectivity index (χ1v) is 10.7. The fraction of sp³-hybridized carbons (Fsp3) is 0.636. The molecular weight excluding hydrogens is 368 g/mol. The van der Waals surface area contributed by atoms with Crippen LogP contribution in [-0.2, 0) is 20.8 Å². The molecule has 2 rings (SSSR count). The second-order valence-corrected chi connectivity index (χ2v) is 7.33. The Balaban J connectivity index is 1.79. The Hall–Kier alpha value is -2.12. The van der Waals surface area contributed by atoms with Crippen molar-refractivity contribution in [2.75, 3.05) is 38.2 Å². The molecule has 1 amide bonds. The lowest BCUT2D eigenvalue weighted by Gasteiger charge is -2.13. The lowest BCUT2D eigenvalue weighted by atomic mass is 10.1. The van der Waals surface area contributed by atoms with Gasteiger partial charge in [-0.25, -0.2) is 4.99 Å². The van der Waals surface area contributed by atoms with Gasteiger partial charge in [0, 0.05) is 37.9 Å². The molecule has 1 aliphatic rings. The fourth-order valence-electron chi connectivity index (χ4n) is 2.88. The number of nitrogens with zero attached hydrogens (tertiary/aromatic N) is 1. The Bertz CT molecular complexity index is 645. The second kappa shape index (κ2) is 13.2. The molecule has 0 saturated carbocycles. The quantitative estimate of drug-likeness (QED) is 0.300. The van der Waals surface area contributed by atoms with E-state index in [1.807, 2.05) is 45.0 Å². The van der Waals surface area contributed by atoms with Gasteiger partial charge in [0.2, 0.25) is 5.91 Å². The van der Waals surface area contributed by atoms with Gasteiger partial charge in [-0.3, -0.25) is 4.79 Å². The minimum Gasteiger partial charge on any atom is -0.379 e. The van der Waals surface area contributed by atoms with Crippen molar-refractivity contribution >= 4 is 17.6 Å². The normalized spacial score (nSPS) is 17.8. The fourth-order valence-corrected chi connectivity index (χ4v) is 2.88. The van der Waals surface area contributed by atoms with Crippen LogP contribution in [-0.4, -0.2) is 50.9 Å². The number of guanidine groups is 1. The van der Waals surface area contributed by atoms with E-state index in [2.05, 4.69) is 20.9 Å². The molecule has 1 heterocycles. The molecule has 1 aliphatic heterocycles. The number of carbonyl (C=O) groups excluding carboxylic acids is 1. The zero-order chi connectivity index (χ0) is 20.9. The topological polar surface area (TPSA) is 84.0 Å². The largest absolute Gasteiger partial charge is 0.379 e. The maximum absolute atomic E-state index is 12.1. The Labute approximate surface area is 174 Å². The number of anilines is 1. The van der Waals surface area contributed by atoms with E-state index in [-0.39, 0.29) is 17.9 Å². The van der Waals surface area contributed by atoms with E-state index in [4.69, 9.17) is 9.47 Å². The molecule has 0 radical (unpaired) electrons. The van der Waals surface area contributed by atoms with Crippen LogP contribution in [0.3, 0.4) is 0 Å². The van der Waals surface area contributed by atoms with Crippen LogP contribution in [0.25, 0.3) is 0 Å². The highest BCUT2D eigenvalue weighted by Gasteiger charge is 2.15. The Morgan fingerprint density at radius 3 is 2.93 bits per heavy atom. The van der Waals surface area contributed by atoms with Crippen LogP contribution in [0.5, 0.6) is 0 Å². The van der Waals surface area contributed by atoms with Crippen molar-refractivity contribution in [1.82, 2.24) is 10.6 Å². The molecule has 2 atom stereocenters. The second-order valence-electron chi connectivity index (χ2n) is 7.33. The number of rotatable bonds is 11. The van der Waals surface area contributed by atoms with Crippen molar-refractivity contribution in [3.05, 3.63) is 29.8 Å². The standard InChI is InChI=1S/C22H36N4O3/c1-4-17(3)21(27)26-19-9-6-8-18(14-19)15-25-22(23-5-2)24-11-7-12-29-20-10-13-28-16-20/h6,8-9,14,17,20H,4-5,7,10-13,15-16H2,1-3H3,(H,26,27)(H2,23,24,25). The zero-order valence-corrected chi connectivity index (χ0v) is 18.0. The maximum Gasteiger partial charge on any atom is 0.227 e. The molecule has 29 heavy (non-hydrogen) atoms. The Morgan fingerprint density at radius 1 is 1.34 bits per heavy atom. The highest BCUT2D eigenvalue weighted by Crippen LogP contribution is 2.14. The summed E-state index contributed by atoms with van der Waals surface area (Å²) in [5.41, 5.74) is 1.86. The number of nitrogens with one attached hydrogen (secondary N) is 3. The van der Waals surface area contributed by atoms with Gasteiger partial charge in [0.15, 0.2) is 5.96 Å². The lowest BCUT2D eigenvalue weighted by Crippen LogP contribution is -2.38. The van der Waals surface area contributed by atoms with Gasteiger partial charge in [-0.15, -0.1) is 0 Å². The third kappa shape index (κ3) is 8.83. The van der Waals surface area contributed by atoms with Crippen molar-refractivity contribution in [1.29, 1.82) is 0 Å². The molecule has 0 bridgehead atoms. The average Bonchev–Trinajstić information content (AvgIpc) is 3.24.